The molecule has 1 aliphatic carbocycles. The van der Waals surface area contributed by atoms with E-state index in [0.717, 1.165) is 24.6 Å². The standard InChI is InChI=1S/C13H15N3O3S/c1-19-8-3-2-7(6-8)14-10-9-4-5-20-12(9)16-11(15-10)13(17)18/h4-5,7-8H,2-3,6H2,1H3,(H,17,18)(H,14,15,16)/t7-,8+/m1/s1. The number of carboxylic acid groups (broad SMARTS) is 1. The van der Waals surface area contributed by atoms with Crippen LogP contribution in [-0.4, -0.2) is 40.3 Å². The van der Waals surface area contributed by atoms with Gasteiger partial charge in [0.15, 0.2) is 0 Å². The molecule has 2 N–H and O–H groups in total. The quantitative estimate of drug-likeness (QED) is 0.900. The van der Waals surface area contributed by atoms with Crippen LogP contribution < -0.4 is 5.32 Å². The predicted molar refractivity (Wildman–Crippen MR) is 76.4 cm³/mol. The number of nitrogens with zero attached hydrogens (tertiary/aromatic N) is 2. The zero-order valence-corrected chi connectivity index (χ0v) is 11.8. The van der Waals surface area contributed by atoms with E-state index in [0.29, 0.717) is 10.6 Å². The van der Waals surface area contributed by atoms with Crippen LogP contribution in [0, 0.1) is 0 Å². The number of methoxy groups -OCH3 is 1. The fraction of sp³-hybridized carbons (Fsp3) is 0.462. The minimum absolute atomic E-state index is 0.163. The SMILES string of the molecule is CO[C@H]1CC[C@@H](Nc2nc(C(=O)O)nc3sccc23)C1. The lowest BCUT2D eigenvalue weighted by Crippen LogP contribution is -2.19. The number of anilines is 1. The highest BCUT2D eigenvalue weighted by molar-refractivity contribution is 7.16. The van der Waals surface area contributed by atoms with Crippen LogP contribution in [0.4, 0.5) is 5.82 Å². The maximum atomic E-state index is 11.1. The van der Waals surface area contributed by atoms with Crippen molar-refractivity contribution in [1.29, 1.82) is 0 Å². The first-order valence-electron chi connectivity index (χ1n) is 6.45. The zero-order chi connectivity index (χ0) is 14.1. The highest BCUT2D eigenvalue weighted by Crippen LogP contribution is 2.29. The van der Waals surface area contributed by atoms with Gasteiger partial charge < -0.3 is 15.2 Å². The third-order valence-corrected chi connectivity index (χ3v) is 4.38. The average molecular weight is 293 g/mol. The molecule has 2 atom stereocenters. The van der Waals surface area contributed by atoms with E-state index < -0.39 is 5.97 Å². The molecule has 0 unspecified atom stereocenters. The molecule has 0 amide bonds. The number of aromatic carboxylic acids is 1. The molecule has 1 aliphatic rings. The van der Waals surface area contributed by atoms with E-state index in [9.17, 15) is 4.79 Å². The van der Waals surface area contributed by atoms with Crippen molar-refractivity contribution in [2.45, 2.75) is 31.4 Å². The molecule has 1 fully saturated rings. The van der Waals surface area contributed by atoms with Gasteiger partial charge in [-0.3, -0.25) is 0 Å². The molecular weight excluding hydrogens is 278 g/mol. The molecule has 6 nitrogen and oxygen atoms in total. The number of hydrogen-bond donors (Lipinski definition) is 2. The van der Waals surface area contributed by atoms with Gasteiger partial charge in [-0.2, -0.15) is 0 Å². The smallest absolute Gasteiger partial charge is 0.374 e. The second-order valence-corrected chi connectivity index (χ2v) is 5.75. The lowest BCUT2D eigenvalue weighted by atomic mass is 10.2. The Bertz CT molecular complexity index is 643. The van der Waals surface area contributed by atoms with Crippen LogP contribution in [0.3, 0.4) is 0 Å². The van der Waals surface area contributed by atoms with Crippen molar-refractivity contribution in [3.63, 3.8) is 0 Å². The van der Waals surface area contributed by atoms with Gasteiger partial charge in [0.2, 0.25) is 5.82 Å². The van der Waals surface area contributed by atoms with Crippen molar-refractivity contribution in [3.05, 3.63) is 17.3 Å². The summed E-state index contributed by atoms with van der Waals surface area (Å²) in [5, 5.41) is 15.2. The fourth-order valence-electron chi connectivity index (χ4n) is 2.54. The maximum Gasteiger partial charge on any atom is 0.374 e. The van der Waals surface area contributed by atoms with Gasteiger partial charge in [-0.1, -0.05) is 0 Å². The number of carboxylic acids is 1. The van der Waals surface area contributed by atoms with Crippen LogP contribution >= 0.6 is 11.3 Å². The first kappa shape index (κ1) is 13.3. The number of nitrogens with one attached hydrogen (secondary N) is 1. The number of fused-ring (bicyclic) bond motifs is 1. The largest absolute Gasteiger partial charge is 0.475 e. The number of rotatable bonds is 4. The van der Waals surface area contributed by atoms with Gasteiger partial charge in [0.1, 0.15) is 10.6 Å². The topological polar surface area (TPSA) is 84.3 Å². The molecule has 2 aromatic heterocycles. The molecule has 0 aromatic carbocycles. The van der Waals surface area contributed by atoms with Gasteiger partial charge in [0, 0.05) is 13.2 Å². The number of carbonyl (C=O) groups is 1. The van der Waals surface area contributed by atoms with E-state index in [1.54, 1.807) is 7.11 Å². The highest BCUT2D eigenvalue weighted by atomic mass is 32.1. The summed E-state index contributed by atoms with van der Waals surface area (Å²) in [6.07, 6.45) is 3.19. The van der Waals surface area contributed by atoms with E-state index in [4.69, 9.17) is 9.84 Å². The molecule has 3 rings (SSSR count). The number of thiophene rings is 1. The lowest BCUT2D eigenvalue weighted by molar-refractivity contribution is 0.0684. The summed E-state index contributed by atoms with van der Waals surface area (Å²) in [6.45, 7) is 0. The Balaban J connectivity index is 1.90. The minimum Gasteiger partial charge on any atom is -0.475 e. The Labute approximate surface area is 119 Å². The van der Waals surface area contributed by atoms with E-state index in [-0.39, 0.29) is 18.0 Å². The maximum absolute atomic E-state index is 11.1. The van der Waals surface area contributed by atoms with Gasteiger partial charge in [0.05, 0.1) is 11.5 Å². The van der Waals surface area contributed by atoms with Crippen LogP contribution in [0.25, 0.3) is 10.2 Å². The van der Waals surface area contributed by atoms with Gasteiger partial charge in [-0.25, -0.2) is 14.8 Å². The van der Waals surface area contributed by atoms with Crippen molar-refractivity contribution in [1.82, 2.24) is 9.97 Å². The molecule has 0 radical (unpaired) electrons. The van der Waals surface area contributed by atoms with E-state index in [2.05, 4.69) is 15.3 Å². The average Bonchev–Trinajstić information content (AvgIpc) is 3.06. The normalized spacial score (nSPS) is 22.2. The molecule has 7 heteroatoms. The molecule has 20 heavy (non-hydrogen) atoms. The van der Waals surface area contributed by atoms with Crippen molar-refractivity contribution >= 4 is 33.3 Å². The van der Waals surface area contributed by atoms with Crippen LogP contribution in [0.5, 0.6) is 0 Å². The second-order valence-electron chi connectivity index (χ2n) is 4.85. The zero-order valence-electron chi connectivity index (χ0n) is 11.0. The van der Waals surface area contributed by atoms with Crippen molar-refractivity contribution in [2.75, 3.05) is 12.4 Å². The first-order valence-corrected chi connectivity index (χ1v) is 7.33. The van der Waals surface area contributed by atoms with Crippen molar-refractivity contribution in [2.24, 2.45) is 0 Å². The third kappa shape index (κ3) is 2.46. The Morgan fingerprint density at radius 3 is 3.05 bits per heavy atom. The summed E-state index contributed by atoms with van der Waals surface area (Å²) < 4.78 is 5.35. The van der Waals surface area contributed by atoms with Crippen molar-refractivity contribution in [3.8, 4) is 0 Å². The number of ether oxygens (including phenoxy) is 1. The third-order valence-electron chi connectivity index (χ3n) is 3.58. The minimum atomic E-state index is -1.11. The van der Waals surface area contributed by atoms with Crippen molar-refractivity contribution < 1.29 is 14.6 Å². The number of hydrogen-bond acceptors (Lipinski definition) is 6. The Morgan fingerprint density at radius 2 is 2.35 bits per heavy atom. The summed E-state index contributed by atoms with van der Waals surface area (Å²) in [6, 6.07) is 2.18. The van der Waals surface area contributed by atoms with Crippen LogP contribution in [0.1, 0.15) is 29.9 Å². The monoisotopic (exact) mass is 293 g/mol. The summed E-state index contributed by atoms with van der Waals surface area (Å²) in [5.74, 6) is -0.663. The molecule has 0 spiro atoms. The molecule has 0 aliphatic heterocycles. The van der Waals surface area contributed by atoms with E-state index in [1.807, 2.05) is 11.4 Å². The van der Waals surface area contributed by atoms with E-state index in [1.165, 1.54) is 11.3 Å². The molecule has 0 saturated heterocycles. The summed E-state index contributed by atoms with van der Waals surface area (Å²) in [5.41, 5.74) is 0. The van der Waals surface area contributed by atoms with Gasteiger partial charge in [-0.15, -0.1) is 11.3 Å². The van der Waals surface area contributed by atoms with Gasteiger partial charge in [0.25, 0.3) is 0 Å². The van der Waals surface area contributed by atoms with Crippen LogP contribution in [0.2, 0.25) is 0 Å². The molecule has 106 valence electrons. The highest BCUT2D eigenvalue weighted by Gasteiger charge is 2.25. The van der Waals surface area contributed by atoms with Crippen LogP contribution in [0.15, 0.2) is 11.4 Å². The van der Waals surface area contributed by atoms with Gasteiger partial charge >= 0.3 is 5.97 Å². The predicted octanol–water partition coefficient (Wildman–Crippen LogP) is 2.37. The number of aromatic nitrogens is 2. The van der Waals surface area contributed by atoms with Gasteiger partial charge in [-0.05, 0) is 30.7 Å². The molecule has 2 aromatic rings. The summed E-state index contributed by atoms with van der Waals surface area (Å²) in [4.78, 5) is 20.0. The van der Waals surface area contributed by atoms with Crippen LogP contribution in [-0.2, 0) is 4.74 Å². The molecular formula is C13H15N3O3S. The fourth-order valence-corrected chi connectivity index (χ4v) is 3.30. The summed E-state index contributed by atoms with van der Waals surface area (Å²) >= 11 is 1.42. The Hall–Kier alpha value is -1.73. The molecule has 0 bridgehead atoms. The van der Waals surface area contributed by atoms with E-state index >= 15 is 0 Å². The molecule has 2 heterocycles. The summed E-state index contributed by atoms with van der Waals surface area (Å²) in [7, 11) is 1.72. The first-order chi connectivity index (χ1) is 9.67. The Kier molecular flexibility index (Phi) is 3.54. The Morgan fingerprint density at radius 1 is 1.50 bits per heavy atom. The lowest BCUT2D eigenvalue weighted by Gasteiger charge is -2.14. The second kappa shape index (κ2) is 5.34. The molecule has 1 saturated carbocycles.